The van der Waals surface area contributed by atoms with E-state index >= 15 is 0 Å². The van der Waals surface area contributed by atoms with E-state index in [0.29, 0.717) is 18.8 Å². The third-order valence-corrected chi connectivity index (χ3v) is 5.08. The summed E-state index contributed by atoms with van der Waals surface area (Å²) < 4.78 is 0. The van der Waals surface area contributed by atoms with Crippen molar-refractivity contribution < 1.29 is 9.90 Å². The highest BCUT2D eigenvalue weighted by Gasteiger charge is 2.24. The van der Waals surface area contributed by atoms with Gasteiger partial charge in [-0.05, 0) is 37.1 Å². The molecule has 0 unspecified atom stereocenters. The largest absolute Gasteiger partial charge is 0.508 e. The minimum absolute atomic E-state index is 0.0294. The molecule has 1 aromatic carbocycles. The lowest BCUT2D eigenvalue weighted by molar-refractivity contribution is 0.0740. The Bertz CT molecular complexity index is 766. The van der Waals surface area contributed by atoms with E-state index < -0.39 is 0 Å². The number of hydrogen-bond acceptors (Lipinski definition) is 6. The molecule has 7 nitrogen and oxygen atoms in total. The minimum Gasteiger partial charge on any atom is -0.508 e. The van der Waals surface area contributed by atoms with Gasteiger partial charge in [0, 0.05) is 51.0 Å². The second-order valence-electron chi connectivity index (χ2n) is 6.75. The minimum atomic E-state index is -0.0294. The van der Waals surface area contributed by atoms with Gasteiger partial charge in [0.1, 0.15) is 23.6 Å². The molecule has 0 spiro atoms. The van der Waals surface area contributed by atoms with Crippen molar-refractivity contribution in [3.8, 4) is 5.75 Å². The fourth-order valence-corrected chi connectivity index (χ4v) is 3.58. The number of amides is 1. The molecule has 1 N–H and O–H groups in total. The van der Waals surface area contributed by atoms with Crippen molar-refractivity contribution in [1.29, 1.82) is 0 Å². The summed E-state index contributed by atoms with van der Waals surface area (Å²) in [7, 11) is 0. The number of rotatable bonds is 3. The van der Waals surface area contributed by atoms with Crippen LogP contribution in [0.2, 0.25) is 0 Å². The quantitative estimate of drug-likeness (QED) is 0.906. The van der Waals surface area contributed by atoms with Gasteiger partial charge in [-0.15, -0.1) is 0 Å². The number of anilines is 2. The third kappa shape index (κ3) is 3.42. The summed E-state index contributed by atoms with van der Waals surface area (Å²) in [6, 6.07) is 9.00. The lowest BCUT2D eigenvalue weighted by Gasteiger charge is -2.36. The second kappa shape index (κ2) is 7.19. The fraction of sp³-hybridized carbons (Fsp3) is 0.421. The van der Waals surface area contributed by atoms with Crippen LogP contribution in [0.25, 0.3) is 0 Å². The van der Waals surface area contributed by atoms with Crippen LogP contribution >= 0.6 is 0 Å². The zero-order valence-corrected chi connectivity index (χ0v) is 14.7. The van der Waals surface area contributed by atoms with Crippen molar-refractivity contribution in [1.82, 2.24) is 14.9 Å². The van der Waals surface area contributed by atoms with Gasteiger partial charge in [-0.2, -0.15) is 0 Å². The average molecular weight is 353 g/mol. The Kier molecular flexibility index (Phi) is 4.60. The van der Waals surface area contributed by atoms with Gasteiger partial charge in [0.15, 0.2) is 0 Å². The number of benzene rings is 1. The smallest absolute Gasteiger partial charge is 0.272 e. The number of hydrogen-bond donors (Lipinski definition) is 1. The highest BCUT2D eigenvalue weighted by atomic mass is 16.3. The third-order valence-electron chi connectivity index (χ3n) is 5.08. The number of aromatic hydroxyl groups is 1. The number of carbonyl (C=O) groups is 1. The van der Waals surface area contributed by atoms with E-state index in [-0.39, 0.29) is 11.7 Å². The van der Waals surface area contributed by atoms with Crippen LogP contribution in [-0.2, 0) is 0 Å². The normalized spacial score (nSPS) is 17.6. The molecule has 1 amide bonds. The first-order valence-corrected chi connectivity index (χ1v) is 9.11. The Morgan fingerprint density at radius 3 is 2.27 bits per heavy atom. The number of phenolic OH excluding ortho intramolecular Hbond substituents is 1. The standard InChI is InChI=1S/C19H23N5O2/c25-16-5-3-15(4-6-16)22-9-11-24(12-10-22)19(26)17-13-18(21-14-20-17)23-7-1-2-8-23/h3-6,13-14,25H,1-2,7-12H2. The first kappa shape index (κ1) is 16.6. The topological polar surface area (TPSA) is 72.8 Å². The molecule has 1 aromatic heterocycles. The van der Waals surface area contributed by atoms with Gasteiger partial charge in [-0.3, -0.25) is 4.79 Å². The summed E-state index contributed by atoms with van der Waals surface area (Å²) in [6.45, 7) is 4.83. The zero-order chi connectivity index (χ0) is 17.9. The molecular weight excluding hydrogens is 330 g/mol. The molecule has 3 heterocycles. The van der Waals surface area contributed by atoms with Crippen LogP contribution in [0.5, 0.6) is 5.75 Å². The van der Waals surface area contributed by atoms with Gasteiger partial charge in [-0.1, -0.05) is 0 Å². The van der Waals surface area contributed by atoms with Crippen LogP contribution < -0.4 is 9.80 Å². The molecule has 2 fully saturated rings. The Morgan fingerprint density at radius 2 is 1.58 bits per heavy atom. The molecule has 2 saturated heterocycles. The van der Waals surface area contributed by atoms with E-state index in [1.54, 1.807) is 12.1 Å². The molecule has 0 atom stereocenters. The van der Waals surface area contributed by atoms with Gasteiger partial charge < -0.3 is 19.8 Å². The highest BCUT2D eigenvalue weighted by Crippen LogP contribution is 2.21. The van der Waals surface area contributed by atoms with Crippen molar-refractivity contribution in [3.63, 3.8) is 0 Å². The summed E-state index contributed by atoms with van der Waals surface area (Å²) >= 11 is 0. The molecule has 0 saturated carbocycles. The maximum absolute atomic E-state index is 12.8. The maximum atomic E-state index is 12.8. The van der Waals surface area contributed by atoms with Crippen LogP contribution in [0.1, 0.15) is 23.3 Å². The molecule has 26 heavy (non-hydrogen) atoms. The van der Waals surface area contributed by atoms with E-state index in [9.17, 15) is 9.90 Å². The molecular formula is C19H23N5O2. The van der Waals surface area contributed by atoms with E-state index in [0.717, 1.165) is 37.7 Å². The van der Waals surface area contributed by atoms with Crippen LogP contribution in [0.3, 0.4) is 0 Å². The van der Waals surface area contributed by atoms with Gasteiger partial charge >= 0.3 is 0 Å². The van der Waals surface area contributed by atoms with Crippen molar-refractivity contribution in [2.24, 2.45) is 0 Å². The van der Waals surface area contributed by atoms with Crippen LogP contribution in [-0.4, -0.2) is 65.2 Å². The Labute approximate surface area is 152 Å². The van der Waals surface area contributed by atoms with Crippen molar-refractivity contribution in [2.75, 3.05) is 49.1 Å². The van der Waals surface area contributed by atoms with E-state index in [4.69, 9.17) is 0 Å². The van der Waals surface area contributed by atoms with Crippen LogP contribution in [0, 0.1) is 0 Å². The summed E-state index contributed by atoms with van der Waals surface area (Å²) in [6.07, 6.45) is 3.84. The SMILES string of the molecule is O=C(c1cc(N2CCCC2)ncn1)N1CCN(c2ccc(O)cc2)CC1. The monoisotopic (exact) mass is 353 g/mol. The number of phenols is 1. The molecule has 2 aliphatic heterocycles. The highest BCUT2D eigenvalue weighted by molar-refractivity contribution is 5.93. The number of carbonyl (C=O) groups excluding carboxylic acids is 1. The lowest BCUT2D eigenvalue weighted by atomic mass is 10.2. The summed E-state index contributed by atoms with van der Waals surface area (Å²) in [5, 5.41) is 9.41. The first-order chi connectivity index (χ1) is 12.7. The maximum Gasteiger partial charge on any atom is 0.272 e. The molecule has 136 valence electrons. The summed E-state index contributed by atoms with van der Waals surface area (Å²) in [5.41, 5.74) is 1.54. The summed E-state index contributed by atoms with van der Waals surface area (Å²) in [5.74, 6) is 1.09. The molecule has 4 rings (SSSR count). The van der Waals surface area contributed by atoms with Gasteiger partial charge in [-0.25, -0.2) is 9.97 Å². The van der Waals surface area contributed by atoms with Crippen molar-refractivity contribution in [2.45, 2.75) is 12.8 Å². The number of nitrogens with zero attached hydrogens (tertiary/aromatic N) is 5. The van der Waals surface area contributed by atoms with Crippen molar-refractivity contribution in [3.05, 3.63) is 42.4 Å². The Balaban J connectivity index is 1.40. The van der Waals surface area contributed by atoms with Crippen LogP contribution in [0.4, 0.5) is 11.5 Å². The zero-order valence-electron chi connectivity index (χ0n) is 14.7. The molecule has 0 radical (unpaired) electrons. The van der Waals surface area contributed by atoms with E-state index in [1.807, 2.05) is 23.1 Å². The number of aromatic nitrogens is 2. The predicted molar refractivity (Wildman–Crippen MR) is 99.7 cm³/mol. The Morgan fingerprint density at radius 1 is 0.885 bits per heavy atom. The molecule has 0 aliphatic carbocycles. The lowest BCUT2D eigenvalue weighted by Crippen LogP contribution is -2.49. The first-order valence-electron chi connectivity index (χ1n) is 9.11. The van der Waals surface area contributed by atoms with Gasteiger partial charge in [0.25, 0.3) is 5.91 Å². The fourth-order valence-electron chi connectivity index (χ4n) is 3.58. The van der Waals surface area contributed by atoms with Gasteiger partial charge in [0.05, 0.1) is 0 Å². The van der Waals surface area contributed by atoms with Crippen molar-refractivity contribution >= 4 is 17.4 Å². The molecule has 0 bridgehead atoms. The second-order valence-corrected chi connectivity index (χ2v) is 6.75. The van der Waals surface area contributed by atoms with Gasteiger partial charge in [0.2, 0.25) is 0 Å². The predicted octanol–water partition coefficient (Wildman–Crippen LogP) is 1.74. The van der Waals surface area contributed by atoms with E-state index in [1.165, 1.54) is 19.2 Å². The summed E-state index contributed by atoms with van der Waals surface area (Å²) in [4.78, 5) is 27.6. The molecule has 7 heteroatoms. The molecule has 2 aromatic rings. The van der Waals surface area contributed by atoms with E-state index in [2.05, 4.69) is 19.8 Å². The Hall–Kier alpha value is -2.83. The van der Waals surface area contributed by atoms with Crippen LogP contribution in [0.15, 0.2) is 36.7 Å². The molecule has 2 aliphatic rings. The average Bonchev–Trinajstić information content (AvgIpc) is 3.23. The number of piperazine rings is 1.